The number of carbonyl (C=O) groups excluding carboxylic acids is 3. The van der Waals surface area contributed by atoms with Gasteiger partial charge in [0.05, 0.1) is 0 Å². The van der Waals surface area contributed by atoms with Crippen LogP contribution in [-0.2, 0) is 28.6 Å². The van der Waals surface area contributed by atoms with Crippen LogP contribution in [0.25, 0.3) is 0 Å². The molecule has 0 amide bonds. The highest BCUT2D eigenvalue weighted by molar-refractivity contribution is 5.68. The number of carbonyl (C=O) groups is 3. The monoisotopic (exact) mass is 546 g/mol. The summed E-state index contributed by atoms with van der Waals surface area (Å²) in [4.78, 5) is 37.0. The molecule has 6 nitrogen and oxygen atoms in total. The Kier molecular flexibility index (Phi) is 8.84. The van der Waals surface area contributed by atoms with Crippen molar-refractivity contribution < 1.29 is 28.6 Å². The molecule has 4 aliphatic rings. The molecule has 0 heterocycles. The predicted octanol–water partition coefficient (Wildman–Crippen LogP) is 7.27. The van der Waals surface area contributed by atoms with Crippen LogP contribution in [0.5, 0.6) is 0 Å². The zero-order valence-corrected chi connectivity index (χ0v) is 25.8. The molecule has 4 aliphatic carbocycles. The lowest BCUT2D eigenvalue weighted by Crippen LogP contribution is -2.70. The number of ether oxygens (including phenoxy) is 3. The molecule has 0 aromatic heterocycles. The standard InChI is InChI=1S/C33H54O6/c1-20(2)10-9-11-21(3)27-12-13-28-26-18-30(38-23(5)35)33(39-24(6)36)19-25(37-22(4)34)14-17-32(33,8)29(26)15-16-31(27,28)7/h20-21,25-30H,9-19H2,1-8H3/t21-,25+,26-,27-,28-,29-,30-,31-,32-,33+/m1/s1. The summed E-state index contributed by atoms with van der Waals surface area (Å²) in [6, 6.07) is 0. The first kappa shape index (κ1) is 30.4. The Morgan fingerprint density at radius 3 is 2.13 bits per heavy atom. The highest BCUT2D eigenvalue weighted by atomic mass is 16.6. The second-order valence-corrected chi connectivity index (χ2v) is 14.6. The minimum absolute atomic E-state index is 0.298. The Morgan fingerprint density at radius 2 is 1.51 bits per heavy atom. The van der Waals surface area contributed by atoms with E-state index in [0.717, 1.165) is 37.0 Å². The van der Waals surface area contributed by atoms with Gasteiger partial charge in [-0.25, -0.2) is 0 Å². The summed E-state index contributed by atoms with van der Waals surface area (Å²) in [6.45, 7) is 16.3. The molecule has 0 aromatic carbocycles. The van der Waals surface area contributed by atoms with E-state index < -0.39 is 11.7 Å². The molecule has 0 aromatic rings. The van der Waals surface area contributed by atoms with Gasteiger partial charge in [-0.15, -0.1) is 0 Å². The van der Waals surface area contributed by atoms with Crippen LogP contribution in [-0.4, -0.2) is 35.7 Å². The molecule has 222 valence electrons. The summed E-state index contributed by atoms with van der Waals surface area (Å²) in [6.07, 6.45) is 10.5. The third-order valence-electron chi connectivity index (χ3n) is 11.9. The van der Waals surface area contributed by atoms with Crippen molar-refractivity contribution in [3.05, 3.63) is 0 Å². The van der Waals surface area contributed by atoms with Crippen LogP contribution in [0.1, 0.15) is 126 Å². The number of rotatable bonds is 8. The Morgan fingerprint density at radius 1 is 0.821 bits per heavy atom. The predicted molar refractivity (Wildman–Crippen MR) is 151 cm³/mol. The Labute approximate surface area is 236 Å². The molecular weight excluding hydrogens is 492 g/mol. The van der Waals surface area contributed by atoms with Gasteiger partial charge < -0.3 is 14.2 Å². The van der Waals surface area contributed by atoms with Crippen LogP contribution < -0.4 is 0 Å². The summed E-state index contributed by atoms with van der Waals surface area (Å²) >= 11 is 0. The Balaban J connectivity index is 1.66. The van der Waals surface area contributed by atoms with E-state index in [0.29, 0.717) is 36.0 Å². The quantitative estimate of drug-likeness (QED) is 0.235. The van der Waals surface area contributed by atoms with Crippen molar-refractivity contribution in [3.63, 3.8) is 0 Å². The molecular formula is C33H54O6. The lowest BCUT2D eigenvalue weighted by Gasteiger charge is -2.66. The van der Waals surface area contributed by atoms with Crippen molar-refractivity contribution in [1.82, 2.24) is 0 Å². The average molecular weight is 547 g/mol. The van der Waals surface area contributed by atoms with Crippen molar-refractivity contribution in [2.75, 3.05) is 0 Å². The van der Waals surface area contributed by atoms with E-state index in [4.69, 9.17) is 14.2 Å². The molecule has 6 heteroatoms. The summed E-state index contributed by atoms with van der Waals surface area (Å²) in [5.74, 6) is 2.58. The molecule has 39 heavy (non-hydrogen) atoms. The van der Waals surface area contributed by atoms with Gasteiger partial charge in [0.15, 0.2) is 5.60 Å². The van der Waals surface area contributed by atoms with Crippen LogP contribution in [0.2, 0.25) is 0 Å². The van der Waals surface area contributed by atoms with E-state index in [2.05, 4.69) is 34.6 Å². The maximum absolute atomic E-state index is 12.6. The van der Waals surface area contributed by atoms with Crippen LogP contribution in [0.3, 0.4) is 0 Å². The first-order valence-corrected chi connectivity index (χ1v) is 15.8. The Hall–Kier alpha value is -1.59. The molecule has 4 fully saturated rings. The number of fused-ring (bicyclic) bond motifs is 5. The highest BCUT2D eigenvalue weighted by Crippen LogP contribution is 2.70. The number of hydrogen-bond donors (Lipinski definition) is 0. The van der Waals surface area contributed by atoms with Gasteiger partial charge in [-0.1, -0.05) is 53.9 Å². The molecule has 4 rings (SSSR count). The smallest absolute Gasteiger partial charge is 0.303 e. The normalized spacial score (nSPS) is 42.1. The topological polar surface area (TPSA) is 78.9 Å². The van der Waals surface area contributed by atoms with Crippen LogP contribution >= 0.6 is 0 Å². The van der Waals surface area contributed by atoms with Crippen molar-refractivity contribution in [2.24, 2.45) is 46.3 Å². The van der Waals surface area contributed by atoms with Gasteiger partial charge in [-0.05, 0) is 85.9 Å². The van der Waals surface area contributed by atoms with E-state index in [-0.39, 0.29) is 29.4 Å². The van der Waals surface area contributed by atoms with E-state index in [1.165, 1.54) is 59.3 Å². The molecule has 4 saturated carbocycles. The molecule has 0 spiro atoms. The first-order chi connectivity index (χ1) is 18.2. The molecule has 0 unspecified atom stereocenters. The molecule has 0 aliphatic heterocycles. The van der Waals surface area contributed by atoms with Gasteiger partial charge in [0.2, 0.25) is 0 Å². The zero-order valence-electron chi connectivity index (χ0n) is 25.8. The highest BCUT2D eigenvalue weighted by Gasteiger charge is 2.71. The lowest BCUT2D eigenvalue weighted by molar-refractivity contribution is -0.279. The van der Waals surface area contributed by atoms with E-state index in [1.807, 2.05) is 0 Å². The molecule has 0 N–H and O–H groups in total. The second kappa shape index (κ2) is 11.4. The maximum atomic E-state index is 12.6. The summed E-state index contributed by atoms with van der Waals surface area (Å²) < 4.78 is 18.1. The fraction of sp³-hybridized carbons (Fsp3) is 0.909. The van der Waals surface area contributed by atoms with Crippen molar-refractivity contribution >= 4 is 17.9 Å². The van der Waals surface area contributed by atoms with Gasteiger partial charge in [-0.3, -0.25) is 14.4 Å². The molecule has 0 radical (unpaired) electrons. The van der Waals surface area contributed by atoms with Crippen molar-refractivity contribution in [1.29, 1.82) is 0 Å². The van der Waals surface area contributed by atoms with Crippen LogP contribution in [0.4, 0.5) is 0 Å². The number of hydrogen-bond acceptors (Lipinski definition) is 6. The number of esters is 3. The second-order valence-electron chi connectivity index (χ2n) is 14.6. The molecule has 0 bridgehead atoms. The average Bonchev–Trinajstić information content (AvgIpc) is 3.16. The van der Waals surface area contributed by atoms with E-state index in [9.17, 15) is 14.4 Å². The molecule has 0 saturated heterocycles. The van der Waals surface area contributed by atoms with E-state index in [1.54, 1.807) is 0 Å². The van der Waals surface area contributed by atoms with Gasteiger partial charge >= 0.3 is 17.9 Å². The fourth-order valence-electron chi connectivity index (χ4n) is 10.4. The van der Waals surface area contributed by atoms with Crippen molar-refractivity contribution in [2.45, 2.75) is 144 Å². The van der Waals surface area contributed by atoms with Gasteiger partial charge in [0.1, 0.15) is 12.2 Å². The minimum atomic E-state index is -0.986. The largest absolute Gasteiger partial charge is 0.462 e. The minimum Gasteiger partial charge on any atom is -0.462 e. The van der Waals surface area contributed by atoms with Crippen molar-refractivity contribution in [3.8, 4) is 0 Å². The third-order valence-corrected chi connectivity index (χ3v) is 11.9. The lowest BCUT2D eigenvalue weighted by atomic mass is 9.42. The van der Waals surface area contributed by atoms with Crippen LogP contribution in [0, 0.1) is 46.3 Å². The molecule has 10 atom stereocenters. The van der Waals surface area contributed by atoms with E-state index >= 15 is 0 Å². The SMILES string of the molecule is CC(=O)O[C@H]1CC[C@]2(C)[C@@H]3CC[C@@]4(C)[C@H](CC[C@@H]4[C@H](C)CCCC(C)C)[C@H]3C[C@@H](OC(C)=O)[C@@]2(OC(C)=O)C1. The summed E-state index contributed by atoms with van der Waals surface area (Å²) in [5.41, 5.74) is -1.04. The maximum Gasteiger partial charge on any atom is 0.303 e. The summed E-state index contributed by atoms with van der Waals surface area (Å²) in [5, 5.41) is 0. The van der Waals surface area contributed by atoms with Gasteiger partial charge in [0.25, 0.3) is 0 Å². The summed E-state index contributed by atoms with van der Waals surface area (Å²) in [7, 11) is 0. The zero-order chi connectivity index (χ0) is 28.8. The first-order valence-electron chi connectivity index (χ1n) is 15.8. The van der Waals surface area contributed by atoms with Gasteiger partial charge in [0, 0.05) is 32.6 Å². The van der Waals surface area contributed by atoms with Gasteiger partial charge in [-0.2, -0.15) is 0 Å². The Bertz CT molecular complexity index is 929. The van der Waals surface area contributed by atoms with Crippen LogP contribution in [0.15, 0.2) is 0 Å². The fourth-order valence-corrected chi connectivity index (χ4v) is 10.4. The third kappa shape index (κ3) is 5.52.